The Labute approximate surface area is 148 Å². The second-order valence-corrected chi connectivity index (χ2v) is 7.93. The van der Waals surface area contributed by atoms with Gasteiger partial charge in [-0.2, -0.15) is 0 Å². The molecule has 25 heavy (non-hydrogen) atoms. The highest BCUT2D eigenvalue weighted by Gasteiger charge is 2.16. The number of thiazole rings is 1. The van der Waals surface area contributed by atoms with Crippen molar-refractivity contribution in [1.29, 1.82) is 0 Å². The maximum absolute atomic E-state index is 11.9. The van der Waals surface area contributed by atoms with Gasteiger partial charge in [0, 0.05) is 5.69 Å². The van der Waals surface area contributed by atoms with Crippen molar-refractivity contribution in [3.63, 3.8) is 0 Å². The number of anilines is 2. The van der Waals surface area contributed by atoms with Crippen LogP contribution in [0, 0.1) is 0 Å². The van der Waals surface area contributed by atoms with Crippen LogP contribution < -0.4 is 15.4 Å². The number of aromatic nitrogens is 1. The molecular formula is C14H18N4O5S2. The van der Waals surface area contributed by atoms with E-state index in [-0.39, 0.29) is 11.7 Å². The first-order chi connectivity index (χ1) is 11.7. The van der Waals surface area contributed by atoms with Crippen molar-refractivity contribution < 1.29 is 22.7 Å². The van der Waals surface area contributed by atoms with Crippen LogP contribution in [0.3, 0.4) is 0 Å². The molecule has 0 aliphatic rings. The number of nitrogens with one attached hydrogen (secondary N) is 3. The lowest BCUT2D eigenvalue weighted by molar-refractivity contribution is -0.144. The van der Waals surface area contributed by atoms with E-state index in [1.807, 2.05) is 0 Å². The van der Waals surface area contributed by atoms with E-state index >= 15 is 0 Å². The number of carbonyl (C=O) groups excluding carboxylic acids is 2. The van der Waals surface area contributed by atoms with Gasteiger partial charge in [0.2, 0.25) is 10.0 Å². The van der Waals surface area contributed by atoms with E-state index in [0.29, 0.717) is 15.9 Å². The number of carbonyl (C=O) groups is 2. The Morgan fingerprint density at radius 3 is 2.72 bits per heavy atom. The van der Waals surface area contributed by atoms with E-state index in [9.17, 15) is 18.0 Å². The van der Waals surface area contributed by atoms with Gasteiger partial charge in [-0.3, -0.25) is 4.72 Å². The first kappa shape index (κ1) is 18.9. The SMILES string of the molecule is CCOC(=O)[C@@H](C)NC(=O)Nc1ccc2nc(NS(C)(=O)=O)sc2c1. The third-order valence-electron chi connectivity index (χ3n) is 2.91. The summed E-state index contributed by atoms with van der Waals surface area (Å²) in [6, 6.07) is 3.61. The summed E-state index contributed by atoms with van der Waals surface area (Å²) < 4.78 is 30.3. The Morgan fingerprint density at radius 1 is 1.36 bits per heavy atom. The molecule has 1 aromatic heterocycles. The smallest absolute Gasteiger partial charge is 0.328 e. The largest absolute Gasteiger partial charge is 0.464 e. The second-order valence-electron chi connectivity index (χ2n) is 5.15. The summed E-state index contributed by atoms with van der Waals surface area (Å²) in [7, 11) is -3.41. The molecule has 0 radical (unpaired) electrons. The summed E-state index contributed by atoms with van der Waals surface area (Å²) in [5, 5.41) is 5.32. The van der Waals surface area contributed by atoms with Crippen LogP contribution in [0.15, 0.2) is 18.2 Å². The molecule has 0 bridgehead atoms. The van der Waals surface area contributed by atoms with Crippen LogP contribution in [0.4, 0.5) is 15.6 Å². The third-order valence-corrected chi connectivity index (χ3v) is 4.53. The monoisotopic (exact) mass is 386 g/mol. The average Bonchev–Trinajstić information content (AvgIpc) is 2.86. The van der Waals surface area contributed by atoms with Crippen molar-refractivity contribution in [2.45, 2.75) is 19.9 Å². The van der Waals surface area contributed by atoms with Gasteiger partial charge in [0.25, 0.3) is 0 Å². The molecule has 0 saturated heterocycles. The lowest BCUT2D eigenvalue weighted by Crippen LogP contribution is -2.41. The van der Waals surface area contributed by atoms with Crippen molar-refractivity contribution in [2.75, 3.05) is 22.9 Å². The molecule has 2 aromatic rings. The summed E-state index contributed by atoms with van der Waals surface area (Å²) in [5.74, 6) is -0.521. The molecule has 11 heteroatoms. The van der Waals surface area contributed by atoms with Crippen molar-refractivity contribution in [1.82, 2.24) is 10.3 Å². The molecule has 1 aromatic carbocycles. The van der Waals surface area contributed by atoms with Crippen LogP contribution in [0.1, 0.15) is 13.8 Å². The first-order valence-electron chi connectivity index (χ1n) is 7.30. The summed E-state index contributed by atoms with van der Waals surface area (Å²) in [6.45, 7) is 3.44. The van der Waals surface area contributed by atoms with Gasteiger partial charge in [-0.1, -0.05) is 11.3 Å². The van der Waals surface area contributed by atoms with Gasteiger partial charge in [0.1, 0.15) is 6.04 Å². The van der Waals surface area contributed by atoms with Crippen LogP contribution in [0.5, 0.6) is 0 Å². The molecule has 0 unspecified atom stereocenters. The fourth-order valence-electron chi connectivity index (χ4n) is 1.89. The van der Waals surface area contributed by atoms with Gasteiger partial charge in [-0.05, 0) is 32.0 Å². The normalized spacial score (nSPS) is 12.4. The fourth-order valence-corrected chi connectivity index (χ4v) is 3.63. The van der Waals surface area contributed by atoms with E-state index < -0.39 is 28.1 Å². The third kappa shape index (κ3) is 5.57. The number of esters is 1. The molecule has 2 amide bonds. The van der Waals surface area contributed by atoms with Crippen molar-refractivity contribution >= 4 is 54.4 Å². The van der Waals surface area contributed by atoms with E-state index in [1.165, 1.54) is 6.92 Å². The standard InChI is InChI=1S/C14H18N4O5S2/c1-4-23-12(19)8(2)15-13(20)16-9-5-6-10-11(7-9)24-14(17-10)18-25(3,21)22/h5-8H,4H2,1-3H3,(H,17,18)(H2,15,16,20)/t8-/m1/s1. The maximum atomic E-state index is 11.9. The highest BCUT2D eigenvalue weighted by molar-refractivity contribution is 7.92. The molecule has 0 saturated carbocycles. The maximum Gasteiger partial charge on any atom is 0.328 e. The predicted octanol–water partition coefficient (Wildman–Crippen LogP) is 1.74. The van der Waals surface area contributed by atoms with E-state index in [4.69, 9.17) is 4.74 Å². The lowest BCUT2D eigenvalue weighted by atomic mass is 10.3. The summed E-state index contributed by atoms with van der Waals surface area (Å²) in [5.41, 5.74) is 1.08. The van der Waals surface area contributed by atoms with Gasteiger partial charge < -0.3 is 15.4 Å². The molecule has 0 aliphatic heterocycles. The number of amides is 2. The predicted molar refractivity (Wildman–Crippen MR) is 96.3 cm³/mol. The van der Waals surface area contributed by atoms with E-state index in [2.05, 4.69) is 20.3 Å². The van der Waals surface area contributed by atoms with E-state index in [0.717, 1.165) is 17.6 Å². The summed E-state index contributed by atoms with van der Waals surface area (Å²) in [4.78, 5) is 27.6. The second kappa shape index (κ2) is 7.66. The number of benzene rings is 1. The van der Waals surface area contributed by atoms with Crippen molar-refractivity contribution in [2.24, 2.45) is 0 Å². The molecule has 3 N–H and O–H groups in total. The lowest BCUT2D eigenvalue weighted by Gasteiger charge is -2.13. The average molecular weight is 386 g/mol. The zero-order chi connectivity index (χ0) is 18.6. The van der Waals surface area contributed by atoms with Crippen molar-refractivity contribution in [3.8, 4) is 0 Å². The highest BCUT2D eigenvalue weighted by Crippen LogP contribution is 2.28. The minimum Gasteiger partial charge on any atom is -0.464 e. The van der Waals surface area contributed by atoms with Crippen LogP contribution in [0.25, 0.3) is 10.2 Å². The highest BCUT2D eigenvalue weighted by atomic mass is 32.2. The molecule has 0 spiro atoms. The number of rotatable bonds is 6. The molecule has 136 valence electrons. The van der Waals surface area contributed by atoms with Crippen LogP contribution in [-0.4, -0.2) is 44.3 Å². The summed E-state index contributed by atoms with van der Waals surface area (Å²) in [6.07, 6.45) is 1.04. The van der Waals surface area contributed by atoms with Gasteiger partial charge in [-0.25, -0.2) is 23.0 Å². The number of urea groups is 1. The number of ether oxygens (including phenoxy) is 1. The number of nitrogens with zero attached hydrogens (tertiary/aromatic N) is 1. The number of hydrogen-bond donors (Lipinski definition) is 3. The Hall–Kier alpha value is -2.40. The molecule has 0 fully saturated rings. The molecule has 9 nitrogen and oxygen atoms in total. The minimum absolute atomic E-state index is 0.234. The Kier molecular flexibility index (Phi) is 5.80. The van der Waals surface area contributed by atoms with Crippen LogP contribution >= 0.6 is 11.3 Å². The number of fused-ring (bicyclic) bond motifs is 1. The van der Waals surface area contributed by atoms with Gasteiger partial charge in [0.05, 0.1) is 23.1 Å². The van der Waals surface area contributed by atoms with Gasteiger partial charge in [0.15, 0.2) is 5.13 Å². The van der Waals surface area contributed by atoms with Crippen LogP contribution in [0.2, 0.25) is 0 Å². The Bertz CT molecular complexity index is 894. The molecule has 0 aliphatic carbocycles. The fraction of sp³-hybridized carbons (Fsp3) is 0.357. The Morgan fingerprint density at radius 2 is 2.08 bits per heavy atom. The summed E-state index contributed by atoms with van der Waals surface area (Å²) >= 11 is 1.14. The Balaban J connectivity index is 2.06. The minimum atomic E-state index is -3.41. The van der Waals surface area contributed by atoms with E-state index in [1.54, 1.807) is 25.1 Å². The molecular weight excluding hydrogens is 368 g/mol. The number of hydrogen-bond acceptors (Lipinski definition) is 7. The zero-order valence-electron chi connectivity index (χ0n) is 13.8. The quantitative estimate of drug-likeness (QED) is 0.649. The molecule has 2 rings (SSSR count). The van der Waals surface area contributed by atoms with Gasteiger partial charge >= 0.3 is 12.0 Å². The van der Waals surface area contributed by atoms with Crippen LogP contribution in [-0.2, 0) is 19.6 Å². The molecule has 1 atom stereocenters. The van der Waals surface area contributed by atoms with Crippen molar-refractivity contribution in [3.05, 3.63) is 18.2 Å². The van der Waals surface area contributed by atoms with Gasteiger partial charge in [-0.15, -0.1) is 0 Å². The zero-order valence-corrected chi connectivity index (χ0v) is 15.5. The number of sulfonamides is 1. The first-order valence-corrected chi connectivity index (χ1v) is 10.0. The molecule has 1 heterocycles. The topological polar surface area (TPSA) is 126 Å².